The van der Waals surface area contributed by atoms with E-state index >= 15 is 0 Å². The molecule has 0 saturated heterocycles. The molecule has 1 aromatic rings. The number of hydrogen-bond acceptors (Lipinski definition) is 3. The van der Waals surface area contributed by atoms with E-state index in [0.717, 1.165) is 12.0 Å². The second kappa shape index (κ2) is 7.14. The summed E-state index contributed by atoms with van der Waals surface area (Å²) in [6, 6.07) is 7.29. The van der Waals surface area contributed by atoms with E-state index in [1.165, 1.54) is 0 Å². The Morgan fingerprint density at radius 2 is 2.05 bits per heavy atom. The molecular formula is C15H23NO3. The first-order valence-corrected chi connectivity index (χ1v) is 6.69. The summed E-state index contributed by atoms with van der Waals surface area (Å²) in [7, 11) is 0. The minimum atomic E-state index is -0.557. The van der Waals surface area contributed by atoms with E-state index in [9.17, 15) is 9.90 Å². The summed E-state index contributed by atoms with van der Waals surface area (Å²) >= 11 is 0. The van der Waals surface area contributed by atoms with Gasteiger partial charge in [0.25, 0.3) is 5.91 Å². The van der Waals surface area contributed by atoms with Crippen LogP contribution in [0.1, 0.15) is 45.8 Å². The van der Waals surface area contributed by atoms with Crippen LogP contribution < -0.4 is 10.1 Å². The highest BCUT2D eigenvalue weighted by atomic mass is 16.5. The molecule has 0 heterocycles. The fourth-order valence-electron chi connectivity index (χ4n) is 1.57. The quantitative estimate of drug-likeness (QED) is 0.830. The van der Waals surface area contributed by atoms with Crippen molar-refractivity contribution in [3.63, 3.8) is 0 Å². The van der Waals surface area contributed by atoms with Crippen LogP contribution in [-0.4, -0.2) is 23.2 Å². The summed E-state index contributed by atoms with van der Waals surface area (Å²) in [5, 5.41) is 12.4. The van der Waals surface area contributed by atoms with Crippen LogP contribution in [0.5, 0.6) is 5.75 Å². The van der Waals surface area contributed by atoms with E-state index in [1.54, 1.807) is 32.0 Å². The summed E-state index contributed by atoms with van der Waals surface area (Å²) < 4.78 is 5.59. The Kier molecular flexibility index (Phi) is 5.83. The highest BCUT2D eigenvalue weighted by Crippen LogP contribution is 2.19. The van der Waals surface area contributed by atoms with Crippen LogP contribution in [0.25, 0.3) is 0 Å². The van der Waals surface area contributed by atoms with Gasteiger partial charge in [-0.1, -0.05) is 19.1 Å². The average Bonchev–Trinajstić information content (AvgIpc) is 2.38. The highest BCUT2D eigenvalue weighted by molar-refractivity contribution is 5.80. The lowest BCUT2D eigenvalue weighted by Crippen LogP contribution is -2.40. The number of amides is 1. The van der Waals surface area contributed by atoms with Crippen molar-refractivity contribution in [2.45, 2.75) is 52.4 Å². The molecule has 0 fully saturated rings. The van der Waals surface area contributed by atoms with Crippen molar-refractivity contribution in [1.29, 1.82) is 0 Å². The van der Waals surface area contributed by atoms with Crippen LogP contribution in [0.15, 0.2) is 24.3 Å². The first-order chi connectivity index (χ1) is 8.93. The van der Waals surface area contributed by atoms with E-state index in [1.807, 2.05) is 19.9 Å². The maximum absolute atomic E-state index is 11.9. The SMILES string of the molecule is CCC(C)NC(=O)C(C)Oc1cccc(C(C)O)c1. The summed E-state index contributed by atoms with van der Waals surface area (Å²) in [6.07, 6.45) is -0.221. The van der Waals surface area contributed by atoms with Gasteiger partial charge in [0.1, 0.15) is 5.75 Å². The highest BCUT2D eigenvalue weighted by Gasteiger charge is 2.16. The van der Waals surface area contributed by atoms with Crippen LogP contribution in [0.4, 0.5) is 0 Å². The fraction of sp³-hybridized carbons (Fsp3) is 0.533. The van der Waals surface area contributed by atoms with Crippen LogP contribution in [0.3, 0.4) is 0 Å². The third-order valence-electron chi connectivity index (χ3n) is 3.02. The number of aliphatic hydroxyl groups excluding tert-OH is 1. The van der Waals surface area contributed by atoms with Crippen molar-refractivity contribution >= 4 is 5.91 Å². The zero-order chi connectivity index (χ0) is 14.4. The van der Waals surface area contributed by atoms with E-state index in [0.29, 0.717) is 5.75 Å². The van der Waals surface area contributed by atoms with Crippen molar-refractivity contribution in [2.75, 3.05) is 0 Å². The van der Waals surface area contributed by atoms with Gasteiger partial charge in [0.05, 0.1) is 6.10 Å². The molecule has 4 heteroatoms. The second-order valence-electron chi connectivity index (χ2n) is 4.83. The maximum atomic E-state index is 11.9. The summed E-state index contributed by atoms with van der Waals surface area (Å²) in [5.41, 5.74) is 0.770. The topological polar surface area (TPSA) is 58.6 Å². The molecular weight excluding hydrogens is 242 g/mol. The molecule has 0 bridgehead atoms. The molecule has 0 spiro atoms. The molecule has 3 atom stereocenters. The van der Waals surface area contributed by atoms with Gasteiger partial charge >= 0.3 is 0 Å². The first-order valence-electron chi connectivity index (χ1n) is 6.69. The fourth-order valence-corrected chi connectivity index (χ4v) is 1.57. The number of hydrogen-bond donors (Lipinski definition) is 2. The minimum absolute atomic E-state index is 0.128. The van der Waals surface area contributed by atoms with Crippen molar-refractivity contribution in [3.05, 3.63) is 29.8 Å². The normalized spacial score (nSPS) is 15.4. The molecule has 1 amide bonds. The van der Waals surface area contributed by atoms with Gasteiger partial charge in [-0.15, -0.1) is 0 Å². The largest absolute Gasteiger partial charge is 0.481 e. The van der Waals surface area contributed by atoms with E-state index in [2.05, 4.69) is 5.32 Å². The van der Waals surface area contributed by atoms with Gasteiger partial charge in [0.15, 0.2) is 6.10 Å². The smallest absolute Gasteiger partial charge is 0.260 e. The van der Waals surface area contributed by atoms with Gasteiger partial charge in [-0.25, -0.2) is 0 Å². The molecule has 0 saturated carbocycles. The molecule has 4 nitrogen and oxygen atoms in total. The first kappa shape index (κ1) is 15.5. The van der Waals surface area contributed by atoms with Gasteiger partial charge in [-0.2, -0.15) is 0 Å². The van der Waals surface area contributed by atoms with Crippen molar-refractivity contribution in [1.82, 2.24) is 5.32 Å². The second-order valence-corrected chi connectivity index (χ2v) is 4.83. The number of nitrogens with one attached hydrogen (secondary N) is 1. The van der Waals surface area contributed by atoms with Gasteiger partial charge < -0.3 is 15.2 Å². The number of benzene rings is 1. The van der Waals surface area contributed by atoms with E-state index in [4.69, 9.17) is 4.74 Å². The zero-order valence-electron chi connectivity index (χ0n) is 12.0. The third-order valence-corrected chi connectivity index (χ3v) is 3.02. The van der Waals surface area contributed by atoms with Gasteiger partial charge in [-0.05, 0) is 44.9 Å². The summed E-state index contributed by atoms with van der Waals surface area (Å²) in [5.74, 6) is 0.460. The minimum Gasteiger partial charge on any atom is -0.481 e. The predicted octanol–water partition coefficient (Wildman–Crippen LogP) is 2.42. The van der Waals surface area contributed by atoms with Crippen molar-refractivity contribution in [2.24, 2.45) is 0 Å². The Morgan fingerprint density at radius 1 is 1.37 bits per heavy atom. The van der Waals surface area contributed by atoms with Crippen LogP contribution >= 0.6 is 0 Å². The summed E-state index contributed by atoms with van der Waals surface area (Å²) in [4.78, 5) is 11.9. The molecule has 0 aliphatic carbocycles. The summed E-state index contributed by atoms with van der Waals surface area (Å²) in [6.45, 7) is 7.38. The molecule has 0 aliphatic heterocycles. The molecule has 2 N–H and O–H groups in total. The molecule has 0 aliphatic rings. The Bertz CT molecular complexity index is 418. The van der Waals surface area contributed by atoms with Crippen molar-refractivity contribution in [3.8, 4) is 5.75 Å². The molecule has 106 valence electrons. The molecule has 19 heavy (non-hydrogen) atoms. The lowest BCUT2D eigenvalue weighted by molar-refractivity contribution is -0.127. The van der Waals surface area contributed by atoms with Crippen LogP contribution in [0.2, 0.25) is 0 Å². The Balaban J connectivity index is 2.63. The van der Waals surface area contributed by atoms with Gasteiger partial charge in [-0.3, -0.25) is 4.79 Å². The number of rotatable bonds is 6. The standard InChI is InChI=1S/C15H23NO3/c1-5-10(2)16-15(18)12(4)19-14-8-6-7-13(9-14)11(3)17/h6-12,17H,5H2,1-4H3,(H,16,18). The number of carbonyl (C=O) groups excluding carboxylic acids is 1. The lowest BCUT2D eigenvalue weighted by Gasteiger charge is -2.18. The lowest BCUT2D eigenvalue weighted by atomic mass is 10.1. The van der Waals surface area contributed by atoms with Crippen LogP contribution in [-0.2, 0) is 4.79 Å². The molecule has 0 radical (unpaired) electrons. The average molecular weight is 265 g/mol. The van der Waals surface area contributed by atoms with Gasteiger partial charge in [0.2, 0.25) is 0 Å². The Morgan fingerprint density at radius 3 is 2.63 bits per heavy atom. The predicted molar refractivity (Wildman–Crippen MR) is 75.1 cm³/mol. The molecule has 1 aromatic carbocycles. The third kappa shape index (κ3) is 4.91. The van der Waals surface area contributed by atoms with E-state index < -0.39 is 12.2 Å². The number of ether oxygens (including phenoxy) is 1. The number of aliphatic hydroxyl groups is 1. The Hall–Kier alpha value is -1.55. The number of carbonyl (C=O) groups is 1. The maximum Gasteiger partial charge on any atom is 0.260 e. The van der Waals surface area contributed by atoms with Crippen LogP contribution in [0, 0.1) is 0 Å². The van der Waals surface area contributed by atoms with E-state index in [-0.39, 0.29) is 11.9 Å². The molecule has 1 rings (SSSR count). The molecule has 3 unspecified atom stereocenters. The Labute approximate surface area is 114 Å². The molecule has 0 aromatic heterocycles. The van der Waals surface area contributed by atoms with Crippen molar-refractivity contribution < 1.29 is 14.6 Å². The zero-order valence-corrected chi connectivity index (χ0v) is 12.0. The monoisotopic (exact) mass is 265 g/mol. The van der Waals surface area contributed by atoms with Gasteiger partial charge in [0, 0.05) is 6.04 Å².